The topological polar surface area (TPSA) is 36.4 Å². The highest BCUT2D eigenvalue weighted by Crippen LogP contribution is 2.20. The quantitative estimate of drug-likeness (QED) is 0.854. The van der Waals surface area contributed by atoms with Crippen molar-refractivity contribution in [1.82, 2.24) is 9.88 Å². The summed E-state index contributed by atoms with van der Waals surface area (Å²) in [6.45, 7) is 3.44. The maximum atomic E-state index is 12.3. The van der Waals surface area contributed by atoms with Crippen molar-refractivity contribution in [2.24, 2.45) is 0 Å². The minimum absolute atomic E-state index is 0.155. The third-order valence-electron chi connectivity index (χ3n) is 3.24. The Hall–Kier alpha value is -1.40. The highest BCUT2D eigenvalue weighted by Gasteiger charge is 2.21. The van der Waals surface area contributed by atoms with E-state index in [-0.39, 0.29) is 5.91 Å². The van der Waals surface area contributed by atoms with Gasteiger partial charge in [-0.15, -0.1) is 11.3 Å². The largest absolute Gasteiger partial charge is 0.346 e. The Bertz CT molecular complexity index is 524. The fraction of sp³-hybridized carbons (Fsp3) is 0.385. The van der Waals surface area contributed by atoms with E-state index in [0.717, 1.165) is 43.3 Å². The zero-order chi connectivity index (χ0) is 13.1. The van der Waals surface area contributed by atoms with Gasteiger partial charge >= 0.3 is 0 Å². The molecular weight excluding hydrogens is 278 g/mol. The number of rotatable bonds is 2. The van der Waals surface area contributed by atoms with E-state index < -0.39 is 0 Å². The van der Waals surface area contributed by atoms with Crippen molar-refractivity contribution in [3.8, 4) is 0 Å². The first-order valence-electron chi connectivity index (χ1n) is 6.30. The van der Waals surface area contributed by atoms with Crippen LogP contribution < -0.4 is 4.90 Å². The molecule has 1 aliphatic rings. The van der Waals surface area contributed by atoms with E-state index in [0.29, 0.717) is 0 Å². The standard InChI is InChI=1S/C13H15N3OS2/c17-12(11-2-8-18-10-11)15-4-1-5-16(7-6-15)13-14-3-9-19-13/h2-3,8-10H,1,4-7H2. The zero-order valence-electron chi connectivity index (χ0n) is 10.5. The first-order valence-corrected chi connectivity index (χ1v) is 8.13. The molecule has 0 aromatic carbocycles. The van der Waals surface area contributed by atoms with Gasteiger partial charge in [-0.3, -0.25) is 4.79 Å². The summed E-state index contributed by atoms with van der Waals surface area (Å²) in [6, 6.07) is 1.90. The molecule has 0 saturated carbocycles. The summed E-state index contributed by atoms with van der Waals surface area (Å²) in [5, 5.41) is 6.93. The van der Waals surface area contributed by atoms with Gasteiger partial charge in [-0.25, -0.2) is 4.98 Å². The third kappa shape index (κ3) is 2.79. The molecule has 0 unspecified atom stereocenters. The maximum Gasteiger partial charge on any atom is 0.254 e. The number of aromatic nitrogens is 1. The van der Waals surface area contributed by atoms with Crippen LogP contribution >= 0.6 is 22.7 Å². The fourth-order valence-electron chi connectivity index (χ4n) is 2.25. The predicted molar refractivity (Wildman–Crippen MR) is 79.2 cm³/mol. The molecule has 1 aliphatic heterocycles. The van der Waals surface area contributed by atoms with Crippen molar-refractivity contribution < 1.29 is 4.79 Å². The summed E-state index contributed by atoms with van der Waals surface area (Å²) in [6.07, 6.45) is 2.83. The molecule has 0 aliphatic carbocycles. The van der Waals surface area contributed by atoms with Gasteiger partial charge in [-0.2, -0.15) is 11.3 Å². The van der Waals surface area contributed by atoms with E-state index >= 15 is 0 Å². The minimum atomic E-state index is 0.155. The Morgan fingerprint density at radius 2 is 2.16 bits per heavy atom. The number of carbonyl (C=O) groups excluding carboxylic acids is 1. The van der Waals surface area contributed by atoms with Gasteiger partial charge in [0.05, 0.1) is 5.56 Å². The first kappa shape index (κ1) is 12.6. The molecule has 4 nitrogen and oxygen atoms in total. The number of thiazole rings is 1. The second-order valence-corrected chi connectivity index (χ2v) is 6.11. The summed E-state index contributed by atoms with van der Waals surface area (Å²) in [5.41, 5.74) is 0.813. The molecular formula is C13H15N3OS2. The van der Waals surface area contributed by atoms with Crippen LogP contribution in [0, 0.1) is 0 Å². The molecule has 0 atom stereocenters. The van der Waals surface area contributed by atoms with E-state index in [4.69, 9.17) is 0 Å². The molecule has 6 heteroatoms. The van der Waals surface area contributed by atoms with Gasteiger partial charge in [0.1, 0.15) is 0 Å². The minimum Gasteiger partial charge on any atom is -0.346 e. The lowest BCUT2D eigenvalue weighted by atomic mass is 10.3. The van der Waals surface area contributed by atoms with Crippen LogP contribution in [0.1, 0.15) is 16.8 Å². The lowest BCUT2D eigenvalue weighted by molar-refractivity contribution is 0.0767. The molecule has 3 heterocycles. The van der Waals surface area contributed by atoms with Crippen LogP contribution in [-0.4, -0.2) is 42.0 Å². The van der Waals surface area contributed by atoms with E-state index in [1.165, 1.54) is 0 Å². The molecule has 2 aromatic rings. The number of amides is 1. The Kier molecular flexibility index (Phi) is 3.79. The number of hydrogen-bond acceptors (Lipinski definition) is 5. The molecule has 0 radical (unpaired) electrons. The second-order valence-electron chi connectivity index (χ2n) is 4.46. The molecule has 3 rings (SSSR count). The van der Waals surface area contributed by atoms with Crippen molar-refractivity contribution in [3.63, 3.8) is 0 Å². The van der Waals surface area contributed by atoms with Crippen LogP contribution in [-0.2, 0) is 0 Å². The summed E-state index contributed by atoms with van der Waals surface area (Å²) in [4.78, 5) is 20.9. The zero-order valence-corrected chi connectivity index (χ0v) is 12.1. The van der Waals surface area contributed by atoms with Crippen LogP contribution in [0.15, 0.2) is 28.4 Å². The number of thiophene rings is 1. The lowest BCUT2D eigenvalue weighted by Crippen LogP contribution is -2.35. The van der Waals surface area contributed by atoms with Gasteiger partial charge in [0.2, 0.25) is 0 Å². The molecule has 100 valence electrons. The monoisotopic (exact) mass is 293 g/mol. The highest BCUT2D eigenvalue weighted by molar-refractivity contribution is 7.13. The van der Waals surface area contributed by atoms with Gasteiger partial charge in [0.25, 0.3) is 5.91 Å². The number of nitrogens with zero attached hydrogens (tertiary/aromatic N) is 3. The van der Waals surface area contributed by atoms with Gasteiger partial charge in [-0.1, -0.05) is 0 Å². The van der Waals surface area contributed by atoms with Gasteiger partial charge in [0, 0.05) is 43.1 Å². The molecule has 2 aromatic heterocycles. The smallest absolute Gasteiger partial charge is 0.254 e. The summed E-state index contributed by atoms with van der Waals surface area (Å²) >= 11 is 3.23. The highest BCUT2D eigenvalue weighted by atomic mass is 32.1. The number of carbonyl (C=O) groups is 1. The summed E-state index contributed by atoms with van der Waals surface area (Å²) in [5.74, 6) is 0.155. The van der Waals surface area contributed by atoms with Gasteiger partial charge in [-0.05, 0) is 17.9 Å². The number of hydrogen-bond donors (Lipinski definition) is 0. The molecule has 1 amide bonds. The molecule has 0 spiro atoms. The Balaban J connectivity index is 1.66. The second kappa shape index (κ2) is 5.71. The Morgan fingerprint density at radius 3 is 2.89 bits per heavy atom. The van der Waals surface area contributed by atoms with E-state index in [1.54, 1.807) is 22.7 Å². The van der Waals surface area contributed by atoms with Crippen LogP contribution in [0.25, 0.3) is 0 Å². The van der Waals surface area contributed by atoms with Crippen LogP contribution in [0.2, 0.25) is 0 Å². The average molecular weight is 293 g/mol. The normalized spacial score (nSPS) is 16.4. The fourth-order valence-corrected chi connectivity index (χ4v) is 3.58. The maximum absolute atomic E-state index is 12.3. The van der Waals surface area contributed by atoms with Crippen molar-refractivity contribution >= 4 is 33.7 Å². The summed E-state index contributed by atoms with van der Waals surface area (Å²) < 4.78 is 0. The van der Waals surface area contributed by atoms with Gasteiger partial charge in [0.15, 0.2) is 5.13 Å². The molecule has 1 fully saturated rings. The number of anilines is 1. The summed E-state index contributed by atoms with van der Waals surface area (Å²) in [7, 11) is 0. The molecule has 0 N–H and O–H groups in total. The molecule has 0 bridgehead atoms. The molecule has 1 saturated heterocycles. The van der Waals surface area contributed by atoms with Crippen LogP contribution in [0.5, 0.6) is 0 Å². The van der Waals surface area contributed by atoms with E-state index in [9.17, 15) is 4.79 Å². The third-order valence-corrected chi connectivity index (χ3v) is 4.76. The SMILES string of the molecule is O=C(c1ccsc1)N1CCCN(c2nccs2)CC1. The average Bonchev–Trinajstić information content (AvgIpc) is 3.08. The van der Waals surface area contributed by atoms with Crippen molar-refractivity contribution in [3.05, 3.63) is 34.0 Å². The van der Waals surface area contributed by atoms with Crippen LogP contribution in [0.3, 0.4) is 0 Å². The van der Waals surface area contributed by atoms with Crippen molar-refractivity contribution in [1.29, 1.82) is 0 Å². The molecule has 19 heavy (non-hydrogen) atoms. The predicted octanol–water partition coefficient (Wildman–Crippen LogP) is 2.56. The van der Waals surface area contributed by atoms with Crippen LogP contribution in [0.4, 0.5) is 5.13 Å². The lowest BCUT2D eigenvalue weighted by Gasteiger charge is -2.21. The van der Waals surface area contributed by atoms with Crippen molar-refractivity contribution in [2.75, 3.05) is 31.1 Å². The van der Waals surface area contributed by atoms with E-state index in [2.05, 4.69) is 9.88 Å². The Morgan fingerprint density at radius 1 is 1.21 bits per heavy atom. The van der Waals surface area contributed by atoms with Gasteiger partial charge < -0.3 is 9.80 Å². The Labute approximate surface area is 120 Å². The van der Waals surface area contributed by atoms with Crippen molar-refractivity contribution in [2.45, 2.75) is 6.42 Å². The first-order chi connectivity index (χ1) is 9.34. The van der Waals surface area contributed by atoms with E-state index in [1.807, 2.05) is 33.3 Å².